The molecule has 4 rings (SSSR count). The summed E-state index contributed by atoms with van der Waals surface area (Å²) in [4.78, 5) is 18.0. The molecule has 0 amide bonds. The van der Waals surface area contributed by atoms with Gasteiger partial charge in [-0.15, -0.1) is 0 Å². The van der Waals surface area contributed by atoms with Gasteiger partial charge in [0.1, 0.15) is 5.78 Å². The number of anilines is 1. The van der Waals surface area contributed by atoms with Crippen LogP contribution in [-0.4, -0.2) is 17.5 Å². The van der Waals surface area contributed by atoms with Gasteiger partial charge >= 0.3 is 0 Å². The second kappa shape index (κ2) is 6.40. The topological polar surface area (TPSA) is 41.5 Å². The quantitative estimate of drug-likeness (QED) is 0.661. The van der Waals surface area contributed by atoms with Crippen molar-refractivity contribution in [1.82, 2.24) is 0 Å². The van der Waals surface area contributed by atoms with Gasteiger partial charge in [0.15, 0.2) is 0 Å². The number of hydrogen-bond acceptors (Lipinski definition) is 3. The fourth-order valence-electron chi connectivity index (χ4n) is 4.09. The van der Waals surface area contributed by atoms with Gasteiger partial charge in [-0.25, -0.2) is 4.99 Å². The third-order valence-electron chi connectivity index (χ3n) is 5.16. The molecule has 1 N–H and O–H groups in total. The van der Waals surface area contributed by atoms with Crippen molar-refractivity contribution in [3.05, 3.63) is 58.1 Å². The summed E-state index contributed by atoms with van der Waals surface area (Å²) in [5.74, 6) is -0.120. The zero-order valence-electron chi connectivity index (χ0n) is 14.7. The van der Waals surface area contributed by atoms with Crippen LogP contribution in [0.5, 0.6) is 0 Å². The van der Waals surface area contributed by atoms with Crippen molar-refractivity contribution < 1.29 is 4.79 Å². The molecule has 1 saturated carbocycles. The maximum atomic E-state index is 13.1. The molecule has 1 heterocycles. The lowest BCUT2D eigenvalue weighted by molar-refractivity contribution is -0.125. The van der Waals surface area contributed by atoms with E-state index < -0.39 is 0 Å². The highest BCUT2D eigenvalue weighted by molar-refractivity contribution is 6.37. The largest absolute Gasteiger partial charge is 0.379 e. The minimum absolute atomic E-state index is 0.0135. The van der Waals surface area contributed by atoms with Gasteiger partial charge in [-0.2, -0.15) is 0 Å². The number of ketones is 1. The fraction of sp³-hybridized carbons (Fsp3) is 0.333. The van der Waals surface area contributed by atoms with Crippen LogP contribution in [0.1, 0.15) is 32.3 Å². The normalized spacial score (nSPS) is 24.0. The molecular formula is C21H20Cl2N2O. The molecule has 26 heavy (non-hydrogen) atoms. The van der Waals surface area contributed by atoms with E-state index in [-0.39, 0.29) is 23.2 Å². The molecule has 2 aliphatic rings. The maximum absolute atomic E-state index is 13.1. The summed E-state index contributed by atoms with van der Waals surface area (Å²) in [6, 6.07) is 13.2. The molecule has 3 nitrogen and oxygen atoms in total. The van der Waals surface area contributed by atoms with E-state index in [1.54, 1.807) is 12.1 Å². The summed E-state index contributed by atoms with van der Waals surface area (Å²) in [5.41, 5.74) is 3.24. The van der Waals surface area contributed by atoms with Crippen molar-refractivity contribution >= 4 is 46.1 Å². The molecule has 2 unspecified atom stereocenters. The lowest BCUT2D eigenvalue weighted by Gasteiger charge is -2.40. The molecular weight excluding hydrogens is 367 g/mol. The first kappa shape index (κ1) is 17.6. The van der Waals surface area contributed by atoms with Crippen molar-refractivity contribution in [2.45, 2.75) is 32.7 Å². The van der Waals surface area contributed by atoms with Crippen molar-refractivity contribution in [2.24, 2.45) is 16.3 Å². The molecule has 1 fully saturated rings. The van der Waals surface area contributed by atoms with Crippen LogP contribution in [0.15, 0.2) is 47.5 Å². The molecule has 134 valence electrons. The van der Waals surface area contributed by atoms with E-state index in [1.807, 2.05) is 30.3 Å². The van der Waals surface area contributed by atoms with E-state index in [4.69, 9.17) is 28.2 Å². The number of carbonyl (C=O) groups excluding carboxylic acids is 1. The number of fused-ring (bicyclic) bond motifs is 2. The van der Waals surface area contributed by atoms with Crippen molar-refractivity contribution in [3.8, 4) is 0 Å². The van der Waals surface area contributed by atoms with Crippen LogP contribution in [0.3, 0.4) is 0 Å². The van der Waals surface area contributed by atoms with Crippen LogP contribution >= 0.6 is 23.2 Å². The Morgan fingerprint density at radius 1 is 1.15 bits per heavy atom. The highest BCUT2D eigenvalue weighted by atomic mass is 35.5. The third kappa shape index (κ3) is 3.15. The molecule has 5 heteroatoms. The van der Waals surface area contributed by atoms with Crippen molar-refractivity contribution in [1.29, 1.82) is 0 Å². The third-order valence-corrected chi connectivity index (χ3v) is 5.71. The van der Waals surface area contributed by atoms with E-state index in [2.05, 4.69) is 19.2 Å². The van der Waals surface area contributed by atoms with Gasteiger partial charge in [0.05, 0.1) is 28.0 Å². The van der Waals surface area contributed by atoms with Gasteiger partial charge in [-0.3, -0.25) is 4.79 Å². The Labute approximate surface area is 163 Å². The number of rotatable bonds is 1. The first-order valence-corrected chi connectivity index (χ1v) is 9.52. The average Bonchev–Trinajstić information content (AvgIpc) is 2.69. The smallest absolute Gasteiger partial charge is 0.144 e. The second-order valence-electron chi connectivity index (χ2n) is 7.88. The van der Waals surface area contributed by atoms with E-state index in [9.17, 15) is 4.79 Å². The summed E-state index contributed by atoms with van der Waals surface area (Å²) < 4.78 is 0. The number of nitrogens with zero attached hydrogens (tertiary/aromatic N) is 1. The molecule has 0 spiro atoms. The van der Waals surface area contributed by atoms with Crippen LogP contribution in [0.25, 0.3) is 0 Å². The van der Waals surface area contributed by atoms with Crippen LogP contribution in [0.4, 0.5) is 11.4 Å². The lowest BCUT2D eigenvalue weighted by atomic mass is 9.67. The highest BCUT2D eigenvalue weighted by Crippen LogP contribution is 2.43. The zero-order valence-corrected chi connectivity index (χ0v) is 16.2. The fourth-order valence-corrected chi connectivity index (χ4v) is 4.59. The lowest BCUT2D eigenvalue weighted by Crippen LogP contribution is -2.48. The summed E-state index contributed by atoms with van der Waals surface area (Å²) in [6.45, 7) is 4.29. The maximum Gasteiger partial charge on any atom is 0.144 e. The minimum atomic E-state index is -0.325. The number of benzene rings is 2. The Bertz CT molecular complexity index is 920. The van der Waals surface area contributed by atoms with E-state index >= 15 is 0 Å². The van der Waals surface area contributed by atoms with Gasteiger partial charge in [0.2, 0.25) is 0 Å². The summed E-state index contributed by atoms with van der Waals surface area (Å²) >= 11 is 12.6. The number of halogens is 2. The summed E-state index contributed by atoms with van der Waals surface area (Å²) in [6.07, 6.45) is 1.43. The second-order valence-corrected chi connectivity index (χ2v) is 8.72. The molecule has 0 saturated heterocycles. The predicted octanol–water partition coefficient (Wildman–Crippen LogP) is 5.91. The molecule has 1 aliphatic heterocycles. The molecule has 1 aliphatic carbocycles. The molecule has 2 aromatic rings. The van der Waals surface area contributed by atoms with Gasteiger partial charge in [0, 0.05) is 23.0 Å². The van der Waals surface area contributed by atoms with Crippen molar-refractivity contribution in [2.75, 3.05) is 5.32 Å². The first-order valence-electron chi connectivity index (χ1n) is 8.76. The summed E-state index contributed by atoms with van der Waals surface area (Å²) in [7, 11) is 0. The molecule has 0 bridgehead atoms. The predicted molar refractivity (Wildman–Crippen MR) is 108 cm³/mol. The number of carbonyl (C=O) groups is 1. The SMILES string of the molecule is CC1(C)CC(=O)C2C(c3ccc(Cl)cc3Cl)=Nc3ccccc3NC2C1. The number of Topliss-reactive ketones (excluding diaryl/α,β-unsaturated/α-hetero) is 1. The molecule has 0 aromatic heterocycles. The van der Waals surface area contributed by atoms with Crippen LogP contribution in [0, 0.1) is 11.3 Å². The Hall–Kier alpha value is -1.84. The number of aliphatic imine (C=N–C) groups is 1. The van der Waals surface area contributed by atoms with E-state index in [1.165, 1.54) is 0 Å². The molecule has 2 aromatic carbocycles. The number of para-hydroxylation sites is 2. The number of nitrogens with one attached hydrogen (secondary N) is 1. The standard InChI is InChI=1S/C21H20Cl2N2O/c1-21(2)10-17-19(18(26)11-21)20(13-8-7-12(22)9-14(13)23)25-16-6-4-3-5-15(16)24-17/h3-9,17,19,24H,10-11H2,1-2H3. The van der Waals surface area contributed by atoms with Gasteiger partial charge in [0.25, 0.3) is 0 Å². The Morgan fingerprint density at radius 3 is 2.69 bits per heavy atom. The van der Waals surface area contributed by atoms with Gasteiger partial charge < -0.3 is 5.32 Å². The number of hydrogen-bond donors (Lipinski definition) is 1. The summed E-state index contributed by atoms with van der Waals surface area (Å²) in [5, 5.41) is 4.66. The van der Waals surface area contributed by atoms with Crippen molar-refractivity contribution in [3.63, 3.8) is 0 Å². The van der Waals surface area contributed by atoms with Gasteiger partial charge in [-0.05, 0) is 36.1 Å². The van der Waals surface area contributed by atoms with Gasteiger partial charge in [-0.1, -0.05) is 55.2 Å². The Balaban J connectivity index is 1.91. The van der Waals surface area contributed by atoms with E-state index in [0.717, 1.165) is 29.1 Å². The average molecular weight is 387 g/mol. The highest BCUT2D eigenvalue weighted by Gasteiger charge is 2.44. The van der Waals surface area contributed by atoms with Crippen LogP contribution in [-0.2, 0) is 4.79 Å². The van der Waals surface area contributed by atoms with Crippen LogP contribution in [0.2, 0.25) is 10.0 Å². The van der Waals surface area contributed by atoms with E-state index in [0.29, 0.717) is 16.5 Å². The monoisotopic (exact) mass is 386 g/mol. The Morgan fingerprint density at radius 2 is 1.92 bits per heavy atom. The first-order chi connectivity index (χ1) is 12.3. The zero-order chi connectivity index (χ0) is 18.5. The molecule has 2 atom stereocenters. The minimum Gasteiger partial charge on any atom is -0.379 e. The van der Waals surface area contributed by atoms with Crippen LogP contribution < -0.4 is 5.32 Å². The molecule has 0 radical (unpaired) electrons. The Kier molecular flexibility index (Phi) is 4.32.